The quantitative estimate of drug-likeness (QED) is 0.817. The normalized spacial score (nSPS) is 18.9. The van der Waals surface area contributed by atoms with Crippen LogP contribution >= 0.6 is 11.8 Å². The molecule has 1 saturated heterocycles. The zero-order valence-corrected chi connectivity index (χ0v) is 13.6. The number of carbonyl (C=O) groups is 3. The van der Waals surface area contributed by atoms with Gasteiger partial charge in [-0.15, -0.1) is 0 Å². The van der Waals surface area contributed by atoms with Crippen LogP contribution in [0, 0.1) is 5.92 Å². The molecule has 1 fully saturated rings. The van der Waals surface area contributed by atoms with Crippen molar-refractivity contribution >= 4 is 28.8 Å². The van der Waals surface area contributed by atoms with E-state index in [2.05, 4.69) is 0 Å². The highest BCUT2D eigenvalue weighted by Gasteiger charge is 2.37. The third kappa shape index (κ3) is 4.72. The maximum atomic E-state index is 12.2. The number of nitrogens with zero attached hydrogens (tertiary/aromatic N) is 1. The van der Waals surface area contributed by atoms with Crippen molar-refractivity contribution in [1.29, 1.82) is 0 Å². The monoisotopic (exact) mass is 337 g/mol. The highest BCUT2D eigenvalue weighted by Crippen LogP contribution is 2.26. The summed E-state index contributed by atoms with van der Waals surface area (Å²) < 4.78 is 0. The molecule has 1 amide bonds. The van der Waals surface area contributed by atoms with Crippen LogP contribution in [0.2, 0.25) is 0 Å². The first-order valence-electron chi connectivity index (χ1n) is 7.30. The van der Waals surface area contributed by atoms with Gasteiger partial charge >= 0.3 is 5.97 Å². The summed E-state index contributed by atoms with van der Waals surface area (Å²) in [5.74, 6) is -0.693. The van der Waals surface area contributed by atoms with E-state index in [4.69, 9.17) is 0 Å². The third-order valence-corrected chi connectivity index (χ3v) is 4.81. The van der Waals surface area contributed by atoms with Gasteiger partial charge in [0, 0.05) is 32.1 Å². The van der Waals surface area contributed by atoms with Gasteiger partial charge in [0.1, 0.15) is 11.8 Å². The van der Waals surface area contributed by atoms with E-state index in [-0.39, 0.29) is 35.5 Å². The van der Waals surface area contributed by atoms with Crippen LogP contribution in [0.1, 0.15) is 18.9 Å². The molecule has 23 heavy (non-hydrogen) atoms. The number of aromatic hydroxyl groups is 1. The zero-order valence-electron chi connectivity index (χ0n) is 12.8. The number of benzene rings is 1. The molecule has 0 aliphatic carbocycles. The van der Waals surface area contributed by atoms with Crippen molar-refractivity contribution in [2.45, 2.75) is 25.8 Å². The number of carbonyl (C=O) groups excluding carboxylic acids is 2. The van der Waals surface area contributed by atoms with E-state index in [0.717, 1.165) is 11.8 Å². The minimum Gasteiger partial charge on any atom is -0.508 e. The molecule has 0 aromatic heterocycles. The third-order valence-electron chi connectivity index (χ3n) is 3.76. The number of phenolic OH excluding ortho intramolecular Hbond substituents is 1. The van der Waals surface area contributed by atoms with Gasteiger partial charge in [-0.3, -0.25) is 9.59 Å². The Balaban J connectivity index is 2.07. The Morgan fingerprint density at radius 2 is 2.17 bits per heavy atom. The predicted molar refractivity (Wildman–Crippen MR) is 86.2 cm³/mol. The van der Waals surface area contributed by atoms with Gasteiger partial charge < -0.3 is 15.1 Å². The van der Waals surface area contributed by atoms with Crippen LogP contribution in [0.4, 0.5) is 0 Å². The SMILES string of the molecule is CC(=O)SCC1CC(=O)N([C@@H](Cc2cccc(O)c2)C(=O)O)C1. The molecule has 1 unspecified atom stereocenters. The van der Waals surface area contributed by atoms with E-state index in [1.54, 1.807) is 12.1 Å². The number of thioether (sulfide) groups is 1. The smallest absolute Gasteiger partial charge is 0.326 e. The second-order valence-electron chi connectivity index (χ2n) is 5.65. The summed E-state index contributed by atoms with van der Waals surface area (Å²) >= 11 is 1.16. The average molecular weight is 337 g/mol. The fraction of sp³-hybridized carbons (Fsp3) is 0.438. The molecule has 0 saturated carbocycles. The van der Waals surface area contributed by atoms with Gasteiger partial charge in [0.05, 0.1) is 0 Å². The first kappa shape index (κ1) is 17.3. The Hall–Kier alpha value is -2.02. The number of aliphatic carboxylic acids is 1. The highest BCUT2D eigenvalue weighted by molar-refractivity contribution is 8.13. The Labute approximate surface area is 138 Å². The molecular weight excluding hydrogens is 318 g/mol. The van der Waals surface area contributed by atoms with E-state index >= 15 is 0 Å². The van der Waals surface area contributed by atoms with Crippen molar-refractivity contribution in [1.82, 2.24) is 4.90 Å². The second kappa shape index (κ2) is 7.50. The Morgan fingerprint density at radius 1 is 1.43 bits per heavy atom. The van der Waals surface area contributed by atoms with Crippen LogP contribution < -0.4 is 0 Å². The molecule has 1 aliphatic heterocycles. The summed E-state index contributed by atoms with van der Waals surface area (Å²) in [7, 11) is 0. The topological polar surface area (TPSA) is 94.9 Å². The molecule has 6 nitrogen and oxygen atoms in total. The van der Waals surface area contributed by atoms with Crippen LogP contribution in [-0.2, 0) is 20.8 Å². The van der Waals surface area contributed by atoms with Crippen molar-refractivity contribution < 1.29 is 24.6 Å². The summed E-state index contributed by atoms with van der Waals surface area (Å²) in [5.41, 5.74) is 0.659. The molecule has 2 N–H and O–H groups in total. The van der Waals surface area contributed by atoms with E-state index < -0.39 is 12.0 Å². The lowest BCUT2D eigenvalue weighted by atomic mass is 10.0. The number of carboxylic acid groups (broad SMARTS) is 1. The molecule has 124 valence electrons. The second-order valence-corrected chi connectivity index (χ2v) is 6.84. The van der Waals surface area contributed by atoms with Crippen molar-refractivity contribution in [2.75, 3.05) is 12.3 Å². The van der Waals surface area contributed by atoms with Crippen LogP contribution in [0.5, 0.6) is 5.75 Å². The Kier molecular flexibility index (Phi) is 5.65. The molecule has 0 spiro atoms. The number of likely N-dealkylation sites (tertiary alicyclic amines) is 1. The molecule has 2 rings (SSSR count). The van der Waals surface area contributed by atoms with Crippen molar-refractivity contribution in [2.24, 2.45) is 5.92 Å². The van der Waals surface area contributed by atoms with Gasteiger partial charge in [0.2, 0.25) is 5.91 Å². The first-order chi connectivity index (χ1) is 10.9. The lowest BCUT2D eigenvalue weighted by Gasteiger charge is -2.25. The van der Waals surface area contributed by atoms with Crippen LogP contribution in [0.3, 0.4) is 0 Å². The van der Waals surface area contributed by atoms with Crippen molar-refractivity contribution in [3.05, 3.63) is 29.8 Å². The molecular formula is C16H19NO5S. The molecule has 1 heterocycles. The predicted octanol–water partition coefficient (Wildman–Crippen LogP) is 1.52. The van der Waals surface area contributed by atoms with Gasteiger partial charge in [-0.2, -0.15) is 0 Å². The van der Waals surface area contributed by atoms with Gasteiger partial charge in [0.15, 0.2) is 5.12 Å². The average Bonchev–Trinajstić information content (AvgIpc) is 2.83. The minimum atomic E-state index is -1.07. The Morgan fingerprint density at radius 3 is 2.78 bits per heavy atom. The summed E-state index contributed by atoms with van der Waals surface area (Å²) in [5, 5.41) is 18.9. The number of hydrogen-bond donors (Lipinski definition) is 2. The van der Waals surface area contributed by atoms with E-state index in [9.17, 15) is 24.6 Å². The van der Waals surface area contributed by atoms with E-state index in [0.29, 0.717) is 17.9 Å². The largest absolute Gasteiger partial charge is 0.508 e. The molecule has 1 aromatic rings. The number of carboxylic acids is 1. The van der Waals surface area contributed by atoms with Gasteiger partial charge in [-0.25, -0.2) is 4.79 Å². The van der Waals surface area contributed by atoms with Crippen LogP contribution in [-0.4, -0.2) is 50.4 Å². The Bertz CT molecular complexity index is 618. The van der Waals surface area contributed by atoms with Gasteiger partial charge in [-0.1, -0.05) is 23.9 Å². The molecule has 1 aliphatic rings. The lowest BCUT2D eigenvalue weighted by molar-refractivity contribution is -0.148. The number of phenols is 1. The van der Waals surface area contributed by atoms with E-state index in [1.807, 2.05) is 0 Å². The summed E-state index contributed by atoms with van der Waals surface area (Å²) in [6.45, 7) is 1.82. The standard InChI is InChI=1S/C16H19NO5S/c1-10(18)23-9-12-7-15(20)17(8-12)14(16(21)22)6-11-3-2-4-13(19)5-11/h2-5,12,14,19H,6-9H2,1H3,(H,21,22)/t12?,14-/m0/s1. The summed E-state index contributed by atoms with van der Waals surface area (Å²) in [6, 6.07) is 5.41. The van der Waals surface area contributed by atoms with E-state index in [1.165, 1.54) is 24.0 Å². The van der Waals surface area contributed by atoms with Gasteiger partial charge in [0.25, 0.3) is 0 Å². The van der Waals surface area contributed by atoms with Gasteiger partial charge in [-0.05, 0) is 23.6 Å². The number of amides is 1. The summed E-state index contributed by atoms with van der Waals surface area (Å²) in [4.78, 5) is 36.1. The van der Waals surface area contributed by atoms with Crippen molar-refractivity contribution in [3.63, 3.8) is 0 Å². The number of rotatable bonds is 6. The molecule has 2 atom stereocenters. The zero-order chi connectivity index (χ0) is 17.0. The maximum Gasteiger partial charge on any atom is 0.326 e. The lowest BCUT2D eigenvalue weighted by Crippen LogP contribution is -2.43. The maximum absolute atomic E-state index is 12.2. The van der Waals surface area contributed by atoms with Crippen LogP contribution in [0.25, 0.3) is 0 Å². The van der Waals surface area contributed by atoms with Crippen LogP contribution in [0.15, 0.2) is 24.3 Å². The first-order valence-corrected chi connectivity index (χ1v) is 8.29. The minimum absolute atomic E-state index is 0.00885. The highest BCUT2D eigenvalue weighted by atomic mass is 32.2. The number of hydrogen-bond acceptors (Lipinski definition) is 5. The van der Waals surface area contributed by atoms with Crippen molar-refractivity contribution in [3.8, 4) is 5.75 Å². The fourth-order valence-corrected chi connectivity index (χ4v) is 3.39. The molecule has 7 heteroatoms. The summed E-state index contributed by atoms with van der Waals surface area (Å²) in [6.07, 6.45) is 0.409. The molecule has 0 radical (unpaired) electrons. The fourth-order valence-electron chi connectivity index (χ4n) is 2.69. The molecule has 1 aromatic carbocycles. The molecule has 0 bridgehead atoms.